The summed E-state index contributed by atoms with van der Waals surface area (Å²) in [6.07, 6.45) is 19.1. The normalized spacial score (nSPS) is 13.1. The highest BCUT2D eigenvalue weighted by molar-refractivity contribution is 5.55. The van der Waals surface area contributed by atoms with Crippen LogP contribution in [-0.2, 0) is 6.42 Å². The fourth-order valence-corrected chi connectivity index (χ4v) is 4.30. The van der Waals surface area contributed by atoms with Gasteiger partial charge in [0.05, 0.1) is 12.4 Å². The molecule has 0 aliphatic rings. The third-order valence-corrected chi connectivity index (χ3v) is 6.60. The molecule has 3 nitrogen and oxygen atoms in total. The summed E-state index contributed by atoms with van der Waals surface area (Å²) in [6, 6.07) is 8.53. The quantitative estimate of drug-likeness (QED) is 0.192. The fraction of sp³-hybridized carbons (Fsp3) is 0.667. The van der Waals surface area contributed by atoms with Gasteiger partial charge in [0, 0.05) is 5.56 Å². The van der Waals surface area contributed by atoms with E-state index in [1.165, 1.54) is 69.8 Å². The van der Waals surface area contributed by atoms with E-state index in [1.807, 2.05) is 0 Å². The minimum atomic E-state index is -0.943. The number of hydrogen-bond donors (Lipinski definition) is 0. The van der Waals surface area contributed by atoms with E-state index in [0.717, 1.165) is 24.8 Å². The Labute approximate surface area is 208 Å². The van der Waals surface area contributed by atoms with E-state index in [2.05, 4.69) is 55.0 Å². The van der Waals surface area contributed by atoms with E-state index in [0.29, 0.717) is 23.9 Å². The maximum atomic E-state index is 14.2. The van der Waals surface area contributed by atoms with Gasteiger partial charge < -0.3 is 4.74 Å². The Morgan fingerprint density at radius 3 is 2.06 bits per heavy atom. The first kappa shape index (κ1) is 28.3. The van der Waals surface area contributed by atoms with E-state index in [1.54, 1.807) is 12.4 Å². The van der Waals surface area contributed by atoms with Gasteiger partial charge in [-0.25, -0.2) is 14.4 Å². The third-order valence-electron chi connectivity index (χ3n) is 6.60. The van der Waals surface area contributed by atoms with Crippen LogP contribution in [0.5, 0.6) is 5.75 Å². The average molecular weight is 471 g/mol. The first-order valence-electron chi connectivity index (χ1n) is 13.8. The number of nitrogens with zero attached hydrogens (tertiary/aromatic N) is 2. The topological polar surface area (TPSA) is 35.0 Å². The summed E-state index contributed by atoms with van der Waals surface area (Å²) in [4.78, 5) is 8.85. The second kappa shape index (κ2) is 17.5. The van der Waals surface area contributed by atoms with Gasteiger partial charge >= 0.3 is 0 Å². The standard InChI is InChI=1S/C30H47FN2O/c1-4-6-8-9-10-11-12-16-26-18-20-27(21-19-26)30-32-22-29(23-33-30)34-24-28(31)17-13-15-25(3)14-7-5-2/h18-23,25,28H,4-17,24H2,1-3H3. The highest BCUT2D eigenvalue weighted by atomic mass is 19.1. The first-order chi connectivity index (χ1) is 16.6. The SMILES string of the molecule is CCCCCCCCCc1ccc(-c2ncc(OCC(F)CCCC(C)CCCC)cn2)cc1. The molecule has 0 spiro atoms. The Kier molecular flexibility index (Phi) is 14.5. The summed E-state index contributed by atoms with van der Waals surface area (Å²) in [6.45, 7) is 6.81. The van der Waals surface area contributed by atoms with Gasteiger partial charge in [-0.1, -0.05) is 116 Å². The molecule has 1 aromatic heterocycles. The number of halogens is 1. The summed E-state index contributed by atoms with van der Waals surface area (Å²) in [5.41, 5.74) is 2.36. The van der Waals surface area contributed by atoms with Crippen molar-refractivity contribution in [1.29, 1.82) is 0 Å². The Balaban J connectivity index is 1.66. The third kappa shape index (κ3) is 11.9. The number of alkyl halides is 1. The lowest BCUT2D eigenvalue weighted by Gasteiger charge is -2.13. The zero-order valence-corrected chi connectivity index (χ0v) is 21.9. The van der Waals surface area contributed by atoms with Crippen LogP contribution in [0.3, 0.4) is 0 Å². The van der Waals surface area contributed by atoms with E-state index in [-0.39, 0.29) is 6.61 Å². The van der Waals surface area contributed by atoms with Gasteiger partial charge in [-0.05, 0) is 30.7 Å². The number of benzene rings is 1. The maximum Gasteiger partial charge on any atom is 0.159 e. The summed E-state index contributed by atoms with van der Waals surface area (Å²) in [7, 11) is 0. The number of aromatic nitrogens is 2. The zero-order chi connectivity index (χ0) is 24.4. The van der Waals surface area contributed by atoms with Crippen molar-refractivity contribution < 1.29 is 9.13 Å². The molecule has 190 valence electrons. The number of hydrogen-bond acceptors (Lipinski definition) is 3. The molecular weight excluding hydrogens is 423 g/mol. The highest BCUT2D eigenvalue weighted by Gasteiger charge is 2.10. The van der Waals surface area contributed by atoms with E-state index in [4.69, 9.17) is 4.74 Å². The summed E-state index contributed by atoms with van der Waals surface area (Å²) < 4.78 is 19.8. The number of unbranched alkanes of at least 4 members (excludes halogenated alkanes) is 7. The molecule has 0 fully saturated rings. The van der Waals surface area contributed by atoms with Gasteiger partial charge in [0.2, 0.25) is 0 Å². The number of aryl methyl sites for hydroxylation is 1. The van der Waals surface area contributed by atoms with Crippen LogP contribution in [-0.4, -0.2) is 22.7 Å². The van der Waals surface area contributed by atoms with Crippen molar-refractivity contribution in [3.63, 3.8) is 0 Å². The smallest absolute Gasteiger partial charge is 0.159 e. The molecule has 0 N–H and O–H groups in total. The van der Waals surface area contributed by atoms with Gasteiger partial charge in [-0.2, -0.15) is 0 Å². The zero-order valence-electron chi connectivity index (χ0n) is 21.9. The van der Waals surface area contributed by atoms with Crippen LogP contribution < -0.4 is 4.74 Å². The van der Waals surface area contributed by atoms with Gasteiger partial charge in [0.1, 0.15) is 12.8 Å². The summed E-state index contributed by atoms with van der Waals surface area (Å²) in [5, 5.41) is 0. The maximum absolute atomic E-state index is 14.2. The average Bonchev–Trinajstić information content (AvgIpc) is 2.86. The molecule has 2 unspecified atom stereocenters. The molecule has 1 aromatic carbocycles. The van der Waals surface area contributed by atoms with Crippen molar-refractivity contribution in [3.8, 4) is 17.1 Å². The second-order valence-corrected chi connectivity index (χ2v) is 9.90. The molecule has 1 heterocycles. The lowest BCUT2D eigenvalue weighted by atomic mass is 9.97. The molecule has 2 rings (SSSR count). The predicted octanol–water partition coefficient (Wildman–Crippen LogP) is 9.15. The van der Waals surface area contributed by atoms with Gasteiger partial charge in [-0.15, -0.1) is 0 Å². The van der Waals surface area contributed by atoms with Crippen LogP contribution in [0.2, 0.25) is 0 Å². The van der Waals surface area contributed by atoms with Gasteiger partial charge in [0.25, 0.3) is 0 Å². The van der Waals surface area contributed by atoms with Crippen LogP contribution in [0.25, 0.3) is 11.4 Å². The van der Waals surface area contributed by atoms with Crippen LogP contribution in [0.1, 0.15) is 110 Å². The van der Waals surface area contributed by atoms with Crippen LogP contribution in [0.4, 0.5) is 4.39 Å². The molecule has 0 aliphatic heterocycles. The van der Waals surface area contributed by atoms with Crippen molar-refractivity contribution in [2.75, 3.05) is 6.61 Å². The summed E-state index contributed by atoms with van der Waals surface area (Å²) in [5.74, 6) is 1.88. The van der Waals surface area contributed by atoms with Crippen LogP contribution in [0.15, 0.2) is 36.7 Å². The van der Waals surface area contributed by atoms with Gasteiger partial charge in [-0.3, -0.25) is 0 Å². The number of rotatable bonds is 19. The molecule has 0 radical (unpaired) electrons. The second-order valence-electron chi connectivity index (χ2n) is 9.90. The van der Waals surface area contributed by atoms with E-state index < -0.39 is 6.17 Å². The Hall–Kier alpha value is -1.97. The van der Waals surface area contributed by atoms with Crippen molar-refractivity contribution in [1.82, 2.24) is 9.97 Å². The molecule has 0 bridgehead atoms. The van der Waals surface area contributed by atoms with Crippen molar-refractivity contribution >= 4 is 0 Å². The molecule has 0 saturated carbocycles. The predicted molar refractivity (Wildman–Crippen MR) is 142 cm³/mol. The van der Waals surface area contributed by atoms with E-state index >= 15 is 0 Å². The largest absolute Gasteiger partial charge is 0.487 e. The van der Waals surface area contributed by atoms with Crippen LogP contribution in [0, 0.1) is 5.92 Å². The van der Waals surface area contributed by atoms with E-state index in [9.17, 15) is 4.39 Å². The monoisotopic (exact) mass is 470 g/mol. The molecule has 0 aliphatic carbocycles. The minimum absolute atomic E-state index is 0.0688. The lowest BCUT2D eigenvalue weighted by molar-refractivity contribution is 0.181. The Morgan fingerprint density at radius 2 is 1.38 bits per heavy atom. The molecule has 0 saturated heterocycles. The van der Waals surface area contributed by atoms with Crippen molar-refractivity contribution in [2.24, 2.45) is 5.92 Å². The Morgan fingerprint density at radius 1 is 0.765 bits per heavy atom. The molecule has 34 heavy (non-hydrogen) atoms. The van der Waals surface area contributed by atoms with Crippen molar-refractivity contribution in [3.05, 3.63) is 42.2 Å². The minimum Gasteiger partial charge on any atom is -0.487 e. The molecule has 2 aromatic rings. The molecule has 0 amide bonds. The first-order valence-corrected chi connectivity index (χ1v) is 13.8. The molecule has 4 heteroatoms. The number of ether oxygens (including phenoxy) is 1. The molecule has 2 atom stereocenters. The fourth-order valence-electron chi connectivity index (χ4n) is 4.30. The highest BCUT2D eigenvalue weighted by Crippen LogP contribution is 2.20. The van der Waals surface area contributed by atoms with Crippen molar-refractivity contribution in [2.45, 2.75) is 117 Å². The lowest BCUT2D eigenvalue weighted by Crippen LogP contribution is -2.13. The molecular formula is C30H47FN2O. The van der Waals surface area contributed by atoms with Crippen LogP contribution >= 0.6 is 0 Å². The van der Waals surface area contributed by atoms with Gasteiger partial charge in [0.15, 0.2) is 11.6 Å². The Bertz CT molecular complexity index is 747. The summed E-state index contributed by atoms with van der Waals surface area (Å²) >= 11 is 0.